The SMILES string of the molecule is Nc1c(C(=O)NNC(=O)COc2ccccc2)cnc2ccc(Cl)cc12. The zero-order valence-electron chi connectivity index (χ0n) is 13.5. The molecule has 3 rings (SSSR count). The number of nitrogen functional groups attached to an aromatic ring is 1. The van der Waals surface area contributed by atoms with E-state index in [4.69, 9.17) is 22.1 Å². The molecule has 0 aliphatic carbocycles. The first kappa shape index (κ1) is 17.5. The Morgan fingerprint density at radius 1 is 1.12 bits per heavy atom. The van der Waals surface area contributed by atoms with Crippen LogP contribution in [0, 0.1) is 0 Å². The highest BCUT2D eigenvalue weighted by Crippen LogP contribution is 2.25. The normalized spacial score (nSPS) is 10.3. The molecule has 2 aromatic carbocycles. The number of carbonyl (C=O) groups is 2. The molecule has 132 valence electrons. The van der Waals surface area contributed by atoms with Gasteiger partial charge in [0.2, 0.25) is 0 Å². The standard InChI is InChI=1S/C18H15ClN4O3/c19-11-6-7-15-13(8-11)17(20)14(9-21-15)18(25)23-22-16(24)10-26-12-4-2-1-3-5-12/h1-9H,10H2,(H2,20,21)(H,22,24)(H,23,25). The first-order valence-electron chi connectivity index (χ1n) is 7.65. The van der Waals surface area contributed by atoms with Crippen molar-refractivity contribution >= 4 is 40.0 Å². The molecule has 8 heteroatoms. The van der Waals surface area contributed by atoms with Crippen LogP contribution < -0.4 is 21.3 Å². The number of hydrogen-bond acceptors (Lipinski definition) is 5. The van der Waals surface area contributed by atoms with E-state index in [9.17, 15) is 9.59 Å². The number of halogens is 1. The predicted octanol–water partition coefficient (Wildman–Crippen LogP) is 2.31. The van der Waals surface area contributed by atoms with Crippen LogP contribution in [-0.4, -0.2) is 23.4 Å². The number of nitrogens with one attached hydrogen (secondary N) is 2. The number of fused-ring (bicyclic) bond motifs is 1. The number of nitrogens with two attached hydrogens (primary N) is 1. The summed E-state index contributed by atoms with van der Waals surface area (Å²) in [5, 5.41) is 1.04. The lowest BCUT2D eigenvalue weighted by molar-refractivity contribution is -0.123. The summed E-state index contributed by atoms with van der Waals surface area (Å²) >= 11 is 5.96. The average molecular weight is 371 g/mol. The second-order valence-corrected chi connectivity index (χ2v) is 5.79. The molecule has 0 atom stereocenters. The van der Waals surface area contributed by atoms with E-state index in [2.05, 4.69) is 15.8 Å². The van der Waals surface area contributed by atoms with Crippen LogP contribution in [0.4, 0.5) is 5.69 Å². The Bertz CT molecular complexity index is 963. The number of amides is 2. The maximum atomic E-state index is 12.3. The molecule has 0 aliphatic rings. The third-order valence-electron chi connectivity index (χ3n) is 3.54. The maximum absolute atomic E-state index is 12.3. The molecular formula is C18H15ClN4O3. The Morgan fingerprint density at radius 3 is 2.65 bits per heavy atom. The summed E-state index contributed by atoms with van der Waals surface area (Å²) in [6, 6.07) is 13.9. The molecule has 0 saturated heterocycles. The quantitative estimate of drug-likeness (QED) is 0.611. The Labute approximate surface area is 154 Å². The van der Waals surface area contributed by atoms with E-state index in [1.165, 1.54) is 6.20 Å². The minimum Gasteiger partial charge on any atom is -0.484 e. The maximum Gasteiger partial charge on any atom is 0.276 e. The van der Waals surface area contributed by atoms with E-state index in [0.29, 0.717) is 21.7 Å². The number of para-hydroxylation sites is 1. The van der Waals surface area contributed by atoms with Crippen molar-refractivity contribution in [1.29, 1.82) is 0 Å². The fourth-order valence-corrected chi connectivity index (χ4v) is 2.43. The fraction of sp³-hybridized carbons (Fsp3) is 0.0556. The summed E-state index contributed by atoms with van der Waals surface area (Å²) in [5.74, 6) is -0.559. The number of ether oxygens (including phenoxy) is 1. The van der Waals surface area contributed by atoms with Crippen LogP contribution in [0.25, 0.3) is 10.9 Å². The van der Waals surface area contributed by atoms with Crippen molar-refractivity contribution in [3.8, 4) is 5.75 Å². The molecule has 0 fully saturated rings. The summed E-state index contributed by atoms with van der Waals surface area (Å²) < 4.78 is 5.29. The third kappa shape index (κ3) is 4.01. The molecule has 3 aromatic rings. The Balaban J connectivity index is 1.62. The predicted molar refractivity (Wildman–Crippen MR) is 98.7 cm³/mol. The number of rotatable bonds is 4. The summed E-state index contributed by atoms with van der Waals surface area (Å²) in [5.41, 5.74) is 11.6. The molecule has 0 spiro atoms. The molecule has 7 nitrogen and oxygen atoms in total. The topological polar surface area (TPSA) is 106 Å². The molecule has 4 N–H and O–H groups in total. The molecule has 0 bridgehead atoms. The van der Waals surface area contributed by atoms with Crippen molar-refractivity contribution in [2.45, 2.75) is 0 Å². The molecule has 1 heterocycles. The van der Waals surface area contributed by atoms with Gasteiger partial charge in [0.1, 0.15) is 5.75 Å². The van der Waals surface area contributed by atoms with Crippen LogP contribution in [-0.2, 0) is 4.79 Å². The molecule has 0 saturated carbocycles. The van der Waals surface area contributed by atoms with E-state index in [-0.39, 0.29) is 17.9 Å². The van der Waals surface area contributed by atoms with Crippen molar-refractivity contribution in [2.75, 3.05) is 12.3 Å². The van der Waals surface area contributed by atoms with E-state index < -0.39 is 11.8 Å². The molecule has 26 heavy (non-hydrogen) atoms. The van der Waals surface area contributed by atoms with Crippen molar-refractivity contribution in [1.82, 2.24) is 15.8 Å². The van der Waals surface area contributed by atoms with Gasteiger partial charge >= 0.3 is 0 Å². The van der Waals surface area contributed by atoms with Crippen molar-refractivity contribution in [3.63, 3.8) is 0 Å². The van der Waals surface area contributed by atoms with E-state index in [1.807, 2.05) is 6.07 Å². The summed E-state index contributed by atoms with van der Waals surface area (Å²) in [6.07, 6.45) is 1.34. The molecule has 1 aromatic heterocycles. The van der Waals surface area contributed by atoms with Gasteiger partial charge in [-0.25, -0.2) is 0 Å². The number of aromatic nitrogens is 1. The highest BCUT2D eigenvalue weighted by Gasteiger charge is 2.14. The minimum absolute atomic E-state index is 0.129. The fourth-order valence-electron chi connectivity index (χ4n) is 2.26. The largest absolute Gasteiger partial charge is 0.484 e. The second-order valence-electron chi connectivity index (χ2n) is 5.35. The molecule has 0 radical (unpaired) electrons. The van der Waals surface area contributed by atoms with Gasteiger partial charge in [0.05, 0.1) is 16.8 Å². The lowest BCUT2D eigenvalue weighted by atomic mass is 10.1. The summed E-state index contributed by atoms with van der Waals surface area (Å²) in [4.78, 5) is 28.2. The van der Waals surface area contributed by atoms with Gasteiger partial charge in [-0.05, 0) is 30.3 Å². The van der Waals surface area contributed by atoms with Gasteiger partial charge in [-0.15, -0.1) is 0 Å². The first-order valence-corrected chi connectivity index (χ1v) is 8.03. The van der Waals surface area contributed by atoms with Crippen LogP contribution in [0.3, 0.4) is 0 Å². The second kappa shape index (κ2) is 7.71. The van der Waals surface area contributed by atoms with Crippen molar-refractivity contribution < 1.29 is 14.3 Å². The third-order valence-corrected chi connectivity index (χ3v) is 3.78. The molecule has 0 unspecified atom stereocenters. The van der Waals surface area contributed by atoms with Crippen LogP contribution in [0.15, 0.2) is 54.7 Å². The van der Waals surface area contributed by atoms with Gasteiger partial charge in [0.25, 0.3) is 11.8 Å². The van der Waals surface area contributed by atoms with E-state index in [1.54, 1.807) is 42.5 Å². The zero-order valence-corrected chi connectivity index (χ0v) is 14.3. The van der Waals surface area contributed by atoms with Crippen molar-refractivity contribution in [3.05, 3.63) is 65.3 Å². The smallest absolute Gasteiger partial charge is 0.276 e. The van der Waals surface area contributed by atoms with Crippen LogP contribution in [0.1, 0.15) is 10.4 Å². The number of carbonyl (C=O) groups excluding carboxylic acids is 2. The monoisotopic (exact) mass is 370 g/mol. The number of benzene rings is 2. The minimum atomic E-state index is -0.593. The van der Waals surface area contributed by atoms with Crippen LogP contribution in [0.2, 0.25) is 5.02 Å². The van der Waals surface area contributed by atoms with Gasteiger partial charge < -0.3 is 10.5 Å². The van der Waals surface area contributed by atoms with Crippen LogP contribution in [0.5, 0.6) is 5.75 Å². The lowest BCUT2D eigenvalue weighted by Crippen LogP contribution is -2.44. The lowest BCUT2D eigenvalue weighted by Gasteiger charge is -2.11. The van der Waals surface area contributed by atoms with Gasteiger partial charge in [0.15, 0.2) is 6.61 Å². The molecule has 0 aliphatic heterocycles. The average Bonchev–Trinajstić information content (AvgIpc) is 2.66. The summed E-state index contributed by atoms with van der Waals surface area (Å²) in [7, 11) is 0. The number of anilines is 1. The highest BCUT2D eigenvalue weighted by atomic mass is 35.5. The first-order chi connectivity index (χ1) is 12.5. The number of hydrogen-bond donors (Lipinski definition) is 3. The zero-order chi connectivity index (χ0) is 18.5. The Kier molecular flexibility index (Phi) is 5.19. The Morgan fingerprint density at radius 2 is 1.88 bits per heavy atom. The van der Waals surface area contributed by atoms with Crippen LogP contribution >= 0.6 is 11.6 Å². The van der Waals surface area contributed by atoms with E-state index >= 15 is 0 Å². The summed E-state index contributed by atoms with van der Waals surface area (Å²) in [6.45, 7) is -0.245. The van der Waals surface area contributed by atoms with E-state index in [0.717, 1.165) is 0 Å². The van der Waals surface area contributed by atoms with Gasteiger partial charge in [-0.3, -0.25) is 25.4 Å². The Hall–Kier alpha value is -3.32. The number of hydrazine groups is 1. The van der Waals surface area contributed by atoms with Gasteiger partial charge in [-0.2, -0.15) is 0 Å². The number of nitrogens with zero attached hydrogens (tertiary/aromatic N) is 1. The molecular weight excluding hydrogens is 356 g/mol. The number of pyridine rings is 1. The van der Waals surface area contributed by atoms with Gasteiger partial charge in [-0.1, -0.05) is 29.8 Å². The molecule has 2 amide bonds. The highest BCUT2D eigenvalue weighted by molar-refractivity contribution is 6.31. The van der Waals surface area contributed by atoms with Crippen molar-refractivity contribution in [2.24, 2.45) is 0 Å². The van der Waals surface area contributed by atoms with Gasteiger partial charge in [0, 0.05) is 16.6 Å².